The second kappa shape index (κ2) is 22.0. The van der Waals surface area contributed by atoms with Crippen molar-refractivity contribution in [2.24, 2.45) is 17.3 Å². The number of carbonyl (C=O) groups excluding carboxylic acids is 2. The van der Waals surface area contributed by atoms with Crippen molar-refractivity contribution < 1.29 is 29.1 Å². The third-order valence-corrected chi connectivity index (χ3v) is 19.1. The topological polar surface area (TPSA) is 216 Å². The summed E-state index contributed by atoms with van der Waals surface area (Å²) in [4.78, 5) is 50.0. The Kier molecular flexibility index (Phi) is 14.7. The summed E-state index contributed by atoms with van der Waals surface area (Å²) in [5.74, 6) is 1.79. The number of fused-ring (bicyclic) bond motifs is 2. The predicted molar refractivity (Wildman–Crippen MR) is 305 cm³/mol. The van der Waals surface area contributed by atoms with Gasteiger partial charge < -0.3 is 55.0 Å². The fraction of sp³-hybridized carbons (Fsp3) is 0.517. The number of nitrogens with zero attached hydrogens (tertiary/aromatic N) is 10. The van der Waals surface area contributed by atoms with Crippen molar-refractivity contribution in [3.05, 3.63) is 102 Å². The number of piperazine rings is 1. The number of carbonyl (C=O) groups is 2. The maximum Gasteiger partial charge on any atom is 0.243 e. The molecule has 18 nitrogen and oxygen atoms in total. The first-order valence-corrected chi connectivity index (χ1v) is 29.4. The number of benzene rings is 2. The van der Waals surface area contributed by atoms with E-state index in [0.717, 1.165) is 123 Å². The number of aliphatic hydroxyl groups excluding tert-OH is 1. The lowest BCUT2D eigenvalue weighted by atomic mass is 9.72. The minimum absolute atomic E-state index is 0.0852. The summed E-state index contributed by atoms with van der Waals surface area (Å²) in [6.45, 7) is 14.7. The second-order valence-electron chi connectivity index (χ2n) is 23.8. The Hall–Kier alpha value is -6.83. The van der Waals surface area contributed by atoms with Gasteiger partial charge in [0.1, 0.15) is 23.8 Å². The smallest absolute Gasteiger partial charge is 0.243 e. The molecular formula is C60H74N12O6S. The van der Waals surface area contributed by atoms with Crippen LogP contribution in [0.2, 0.25) is 0 Å². The average Bonchev–Trinajstić information content (AvgIpc) is 4.43. The van der Waals surface area contributed by atoms with Crippen LogP contribution in [0.1, 0.15) is 108 Å². The van der Waals surface area contributed by atoms with E-state index in [4.69, 9.17) is 15.0 Å². The number of hydrogen-bond donors (Lipinski definition) is 4. The molecule has 6 atom stereocenters. The van der Waals surface area contributed by atoms with Crippen molar-refractivity contribution in [2.45, 2.75) is 128 Å². The summed E-state index contributed by atoms with van der Waals surface area (Å²) in [7, 11) is 0. The number of nitrogens with two attached hydrogens (primary N) is 1. The average molecular weight is 1090 g/mol. The third kappa shape index (κ3) is 10.8. The number of pyridine rings is 1. The van der Waals surface area contributed by atoms with Crippen LogP contribution in [0.3, 0.4) is 0 Å². The summed E-state index contributed by atoms with van der Waals surface area (Å²) in [5.41, 5.74) is 14.8. The van der Waals surface area contributed by atoms with Crippen LogP contribution >= 0.6 is 11.3 Å². The zero-order valence-corrected chi connectivity index (χ0v) is 46.6. The maximum absolute atomic E-state index is 14.5. The van der Waals surface area contributed by atoms with Crippen LogP contribution in [0.4, 0.5) is 23.0 Å². The summed E-state index contributed by atoms with van der Waals surface area (Å²) in [5, 5.41) is 37.6. The molecular weight excluding hydrogens is 1020 g/mol. The molecule has 2 bridgehead atoms. The van der Waals surface area contributed by atoms with E-state index in [1.165, 1.54) is 12.8 Å². The number of hydrogen-bond acceptors (Lipinski definition) is 17. The van der Waals surface area contributed by atoms with Gasteiger partial charge in [0.05, 0.1) is 39.6 Å². The number of piperidine rings is 2. The first-order valence-electron chi connectivity index (χ1n) is 28.6. The number of likely N-dealkylation sites (tertiary alicyclic amines) is 2. The van der Waals surface area contributed by atoms with E-state index in [9.17, 15) is 19.8 Å². The monoisotopic (exact) mass is 1090 g/mol. The second-order valence-corrected chi connectivity index (χ2v) is 24.6. The van der Waals surface area contributed by atoms with Gasteiger partial charge in [-0.3, -0.25) is 9.59 Å². The molecule has 6 aliphatic rings. The van der Waals surface area contributed by atoms with Crippen LogP contribution in [-0.2, 0) is 9.59 Å². The van der Waals surface area contributed by atoms with E-state index >= 15 is 0 Å². The summed E-state index contributed by atoms with van der Waals surface area (Å²) in [6.07, 6.45) is 10.2. The largest absolute Gasteiger partial charge is 0.507 e. The zero-order chi connectivity index (χ0) is 54.5. The first-order chi connectivity index (χ1) is 38.2. The molecule has 6 aromatic rings. The van der Waals surface area contributed by atoms with Gasteiger partial charge in [-0.25, -0.2) is 9.97 Å². The summed E-state index contributed by atoms with van der Waals surface area (Å²) < 4.78 is 12.6. The quantitative estimate of drug-likeness (QED) is 0.0762. The number of nitrogens with one attached hydrogen (secondary N) is 1. The number of ether oxygens (including phenoxy) is 1. The Bertz CT molecular complexity index is 3120. The molecule has 12 rings (SSSR count). The number of β-amino-alcohol motifs (C(OH)–C–C–N with tert-alkyl or cyclic N) is 1. The van der Waals surface area contributed by atoms with Gasteiger partial charge in [-0.1, -0.05) is 55.4 Å². The van der Waals surface area contributed by atoms with E-state index in [1.807, 2.05) is 87.9 Å². The number of rotatable bonds is 15. The lowest BCUT2D eigenvalue weighted by Crippen LogP contribution is -2.54. The standard InChI is InChI=1S/C60H74N12O6S/c1-36(2)55(59(76)71-33-45(73)27-50(71)58(75)64-37(3)40-10-12-41(13-11-40)56-38(4)63-35-79-56)52-29-53(67-78-52)69-22-18-60(19-23-69)17-7-21-68(34-60)30-39-24-46(25-39)77-54-26-42(16-20-62-54)72-43-14-15-44(72)32-70(31-43)49-28-48(65-66-57(49)61)47-8-5-6-9-51(47)74/h5-6,8-13,16,20,26,28-29,35-37,39,43-46,50,55,73-74H,7,14-15,17-19,21-25,27,30-34H2,1-4H3,(H2,61,66)(H,64,75)/t37-,39-,43?,44?,45+,46-,50-,55-/m0/s1. The number of phenols is 1. The highest BCUT2D eigenvalue weighted by Gasteiger charge is 2.46. The molecule has 6 fully saturated rings. The van der Waals surface area contributed by atoms with E-state index in [2.05, 4.69) is 62.4 Å². The maximum atomic E-state index is 14.5. The molecule has 2 aromatic carbocycles. The van der Waals surface area contributed by atoms with Crippen molar-refractivity contribution in [3.8, 4) is 33.3 Å². The van der Waals surface area contributed by atoms with Crippen LogP contribution in [0.25, 0.3) is 21.7 Å². The molecule has 4 aromatic heterocycles. The molecule has 19 heteroatoms. The highest BCUT2D eigenvalue weighted by atomic mass is 32.1. The Balaban J connectivity index is 0.608. The van der Waals surface area contributed by atoms with Crippen LogP contribution in [-0.4, -0.2) is 140 Å². The summed E-state index contributed by atoms with van der Waals surface area (Å²) in [6, 6.07) is 22.9. The number of para-hydroxylation sites is 1. The van der Waals surface area contributed by atoms with Crippen LogP contribution in [0, 0.1) is 24.2 Å². The Morgan fingerprint density at radius 3 is 2.42 bits per heavy atom. The number of phenolic OH excluding ortho intramolecular Hbond substituents is 1. The van der Waals surface area contributed by atoms with E-state index in [-0.39, 0.29) is 54.0 Å². The van der Waals surface area contributed by atoms with Gasteiger partial charge >= 0.3 is 0 Å². The van der Waals surface area contributed by atoms with Gasteiger partial charge in [-0.05, 0) is 124 Å². The Morgan fingerprint density at radius 2 is 1.68 bits per heavy atom. The van der Waals surface area contributed by atoms with Gasteiger partial charge in [0.2, 0.25) is 17.7 Å². The van der Waals surface area contributed by atoms with Gasteiger partial charge in [0, 0.05) is 93.9 Å². The minimum atomic E-state index is -0.804. The van der Waals surface area contributed by atoms with Gasteiger partial charge in [0.15, 0.2) is 17.4 Å². The number of nitrogen functional groups attached to an aromatic ring is 1. The number of aryl methyl sites for hydroxylation is 1. The number of anilines is 4. The van der Waals surface area contributed by atoms with Crippen molar-refractivity contribution in [1.29, 1.82) is 0 Å². The van der Waals surface area contributed by atoms with Crippen molar-refractivity contribution >= 4 is 46.2 Å². The van der Waals surface area contributed by atoms with E-state index in [0.29, 0.717) is 46.7 Å². The number of aromatic nitrogens is 5. The van der Waals surface area contributed by atoms with Crippen LogP contribution < -0.4 is 30.5 Å². The SMILES string of the molecule is Cc1ncsc1-c1ccc([C@H](C)NC(=O)[C@@H]2C[C@@H](O)CN2C(=O)[C@H](c2cc(N3CCC4(CCCN(C[C@H]5C[C@H](Oc6cc(N7C8CCC7CN(c7cc(-c9ccccc9O)nnc7N)C8)ccn6)C5)C4)CC3)no2)C(C)C)cc1. The van der Waals surface area contributed by atoms with Crippen molar-refractivity contribution in [2.75, 3.05) is 72.8 Å². The fourth-order valence-corrected chi connectivity index (χ4v) is 14.7. The molecule has 79 heavy (non-hydrogen) atoms. The predicted octanol–water partition coefficient (Wildman–Crippen LogP) is 8.22. The van der Waals surface area contributed by atoms with Gasteiger partial charge in [-0.15, -0.1) is 21.5 Å². The van der Waals surface area contributed by atoms with E-state index < -0.39 is 18.1 Å². The highest BCUT2D eigenvalue weighted by molar-refractivity contribution is 7.13. The molecule has 1 saturated carbocycles. The normalized spacial score (nSPS) is 24.7. The molecule has 5 N–H and O–H groups in total. The van der Waals surface area contributed by atoms with Gasteiger partial charge in [0.25, 0.3) is 0 Å². The minimum Gasteiger partial charge on any atom is -0.507 e. The number of thiazole rings is 1. The molecule has 416 valence electrons. The zero-order valence-electron chi connectivity index (χ0n) is 45.8. The highest BCUT2D eigenvalue weighted by Crippen LogP contribution is 2.44. The van der Waals surface area contributed by atoms with Crippen LogP contribution in [0.15, 0.2) is 89.0 Å². The molecule has 1 aliphatic carbocycles. The fourth-order valence-electron chi connectivity index (χ4n) is 13.8. The summed E-state index contributed by atoms with van der Waals surface area (Å²) >= 11 is 1.60. The molecule has 5 saturated heterocycles. The lowest BCUT2D eigenvalue weighted by Gasteiger charge is -2.49. The number of aliphatic hydroxyl groups is 1. The molecule has 1 spiro atoms. The third-order valence-electron chi connectivity index (χ3n) is 18.1. The molecule has 9 heterocycles. The first kappa shape index (κ1) is 52.8. The number of amides is 2. The molecule has 0 radical (unpaired) electrons. The van der Waals surface area contributed by atoms with Crippen molar-refractivity contribution in [3.63, 3.8) is 0 Å². The van der Waals surface area contributed by atoms with Gasteiger partial charge in [-0.2, -0.15) is 0 Å². The molecule has 5 aliphatic heterocycles. The Labute approximate surface area is 466 Å². The van der Waals surface area contributed by atoms with E-state index in [1.54, 1.807) is 28.4 Å². The number of aromatic hydroxyl groups is 1. The molecule has 2 unspecified atom stereocenters. The Morgan fingerprint density at radius 1 is 0.911 bits per heavy atom. The lowest BCUT2D eigenvalue weighted by molar-refractivity contribution is -0.141. The molecule has 2 amide bonds. The van der Waals surface area contributed by atoms with Crippen molar-refractivity contribution in [1.82, 2.24) is 40.4 Å². The van der Waals surface area contributed by atoms with Crippen LogP contribution in [0.5, 0.6) is 11.6 Å².